The second kappa shape index (κ2) is 19.1. The number of likely N-dealkylation sites (tertiary alicyclic amines) is 1. The summed E-state index contributed by atoms with van der Waals surface area (Å²) in [5.74, 6) is -9.58. The van der Waals surface area contributed by atoms with E-state index in [9.17, 15) is 38.7 Å². The second-order valence-corrected chi connectivity index (χ2v) is 15.5. The number of Topliss-reactive ketones (excluding diaryl/α,β-unsaturated/α-hetero) is 4. The Hall–Kier alpha value is -4.68. The van der Waals surface area contributed by atoms with Crippen molar-refractivity contribution in [3.8, 4) is 0 Å². The summed E-state index contributed by atoms with van der Waals surface area (Å²) >= 11 is 0. The lowest BCUT2D eigenvalue weighted by atomic mass is 9.83. The van der Waals surface area contributed by atoms with Crippen LogP contribution in [0.25, 0.3) is 0 Å². The Kier molecular flexibility index (Phi) is 14.9. The first kappa shape index (κ1) is 42.1. The second-order valence-electron chi connectivity index (χ2n) is 15.5. The highest BCUT2D eigenvalue weighted by Gasteiger charge is 2.54. The van der Waals surface area contributed by atoms with Crippen molar-refractivity contribution < 1.29 is 43.1 Å². The van der Waals surface area contributed by atoms with Crippen LogP contribution in [0.5, 0.6) is 0 Å². The van der Waals surface area contributed by atoms with Gasteiger partial charge in [-0.05, 0) is 49.0 Å². The van der Waals surface area contributed by atoms with E-state index in [0.29, 0.717) is 18.4 Å². The summed E-state index contributed by atoms with van der Waals surface area (Å²) in [4.78, 5) is 104. The van der Waals surface area contributed by atoms with Gasteiger partial charge in [0.05, 0.1) is 18.2 Å². The molecule has 13 heteroatoms. The number of carboxylic acid groups (broad SMARTS) is 1. The fourth-order valence-corrected chi connectivity index (χ4v) is 7.97. The fraction of sp³-hybridized carbons (Fsp3) is 0.585. The van der Waals surface area contributed by atoms with Crippen molar-refractivity contribution in [2.24, 2.45) is 41.4 Å². The zero-order valence-corrected chi connectivity index (χ0v) is 31.8. The van der Waals surface area contributed by atoms with Gasteiger partial charge in [-0.15, -0.1) is 0 Å². The van der Waals surface area contributed by atoms with Gasteiger partial charge in [0.15, 0.2) is 17.3 Å². The predicted molar refractivity (Wildman–Crippen MR) is 197 cm³/mol. The van der Waals surface area contributed by atoms with E-state index in [4.69, 9.17) is 0 Å². The standard InChI is InChI=1S/C41H53FN4O8/c1-6-10-26(38(50)35(49)19-27(41(53)54)17-25-11-8-7-9-12-25)18-34(48)37-28-13-14-31(42)30(28)22-46(37)40(52)36(24(4)5)45-39(51)29(23(2)3)20-33(47)32-21-43-15-16-44-32/h7-9,11-12,15-16,21,23-24,26-31,36-37H,6,10,13-14,17-20,22H2,1-5H3,(H,45,51)(H,53,54)/t26?,27-,28+,29-,30?,31?,36+,37+/m1/s1. The number of carbonyl (C=O) groups excluding carboxylic acids is 6. The van der Waals surface area contributed by atoms with Crippen LogP contribution in [-0.2, 0) is 35.2 Å². The van der Waals surface area contributed by atoms with E-state index in [-0.39, 0.29) is 56.0 Å². The van der Waals surface area contributed by atoms with Crippen LogP contribution in [0.1, 0.15) is 95.6 Å². The summed E-state index contributed by atoms with van der Waals surface area (Å²) in [7, 11) is 0. The van der Waals surface area contributed by atoms with Gasteiger partial charge < -0.3 is 15.3 Å². The summed E-state index contributed by atoms with van der Waals surface area (Å²) in [6.07, 6.45) is 3.18. The summed E-state index contributed by atoms with van der Waals surface area (Å²) < 4.78 is 15.2. The Morgan fingerprint density at radius 1 is 0.907 bits per heavy atom. The van der Waals surface area contributed by atoms with Gasteiger partial charge in [-0.1, -0.05) is 71.4 Å². The van der Waals surface area contributed by atoms with Crippen molar-refractivity contribution in [2.45, 2.75) is 104 Å². The van der Waals surface area contributed by atoms with Crippen molar-refractivity contribution >= 4 is 40.9 Å². The Labute approximate surface area is 316 Å². The largest absolute Gasteiger partial charge is 0.481 e. The van der Waals surface area contributed by atoms with E-state index in [1.807, 2.05) is 0 Å². The van der Waals surface area contributed by atoms with E-state index < -0.39 is 95.3 Å². The summed E-state index contributed by atoms with van der Waals surface area (Å²) in [5, 5.41) is 12.7. The minimum atomic E-state index is -1.24. The molecular formula is C41H53FN4O8. The van der Waals surface area contributed by atoms with Crippen molar-refractivity contribution in [3.05, 3.63) is 60.2 Å². The molecule has 1 aliphatic heterocycles. The van der Waals surface area contributed by atoms with Gasteiger partial charge in [0, 0.05) is 56.0 Å². The number of fused-ring (bicyclic) bond motifs is 1. The number of halogens is 1. The van der Waals surface area contributed by atoms with Crippen LogP contribution >= 0.6 is 0 Å². The highest BCUT2D eigenvalue weighted by molar-refractivity contribution is 6.38. The number of ketones is 4. The van der Waals surface area contributed by atoms with Gasteiger partial charge in [-0.2, -0.15) is 0 Å². The molecule has 0 spiro atoms. The fourth-order valence-electron chi connectivity index (χ4n) is 7.97. The van der Waals surface area contributed by atoms with E-state index in [1.54, 1.807) is 65.0 Å². The number of carbonyl (C=O) groups is 7. The zero-order valence-electron chi connectivity index (χ0n) is 31.8. The molecule has 2 aromatic rings. The number of amides is 2. The lowest BCUT2D eigenvalue weighted by Crippen LogP contribution is -2.56. The number of carboxylic acids is 1. The molecule has 1 saturated carbocycles. The molecule has 54 heavy (non-hydrogen) atoms. The maximum absolute atomic E-state index is 15.2. The van der Waals surface area contributed by atoms with Gasteiger partial charge >= 0.3 is 5.97 Å². The Morgan fingerprint density at radius 3 is 2.20 bits per heavy atom. The number of hydrogen-bond donors (Lipinski definition) is 2. The number of alkyl halides is 1. The molecule has 8 atom stereocenters. The number of nitrogens with one attached hydrogen (secondary N) is 1. The predicted octanol–water partition coefficient (Wildman–Crippen LogP) is 4.88. The maximum atomic E-state index is 15.2. The average Bonchev–Trinajstić information content (AvgIpc) is 3.71. The summed E-state index contributed by atoms with van der Waals surface area (Å²) in [6, 6.07) is 6.63. The third-order valence-corrected chi connectivity index (χ3v) is 11.0. The molecule has 1 aromatic heterocycles. The highest BCUT2D eigenvalue weighted by atomic mass is 19.1. The highest BCUT2D eigenvalue weighted by Crippen LogP contribution is 2.45. The van der Waals surface area contributed by atoms with Crippen molar-refractivity contribution in [1.29, 1.82) is 0 Å². The topological polar surface area (TPSA) is 181 Å². The Morgan fingerprint density at radius 2 is 1.61 bits per heavy atom. The van der Waals surface area contributed by atoms with Crippen LogP contribution in [0, 0.1) is 41.4 Å². The van der Waals surface area contributed by atoms with Crippen LogP contribution < -0.4 is 5.32 Å². The molecule has 2 heterocycles. The van der Waals surface area contributed by atoms with E-state index in [1.165, 1.54) is 23.5 Å². The molecule has 2 amide bonds. The molecule has 3 unspecified atom stereocenters. The maximum Gasteiger partial charge on any atom is 0.307 e. The SMILES string of the molecule is CCCC(CC(=O)[C@@H]1[C@H]2CCC(F)C2CN1C(=O)[C@@H](NC(=O)[C@H](CC(=O)c1cnccn1)C(C)C)C(C)C)C(=O)C(=O)C[C@@H](Cc1ccccc1)C(=O)O. The van der Waals surface area contributed by atoms with Crippen LogP contribution in [0.15, 0.2) is 48.9 Å². The minimum absolute atomic E-state index is 0.0377. The van der Waals surface area contributed by atoms with Crippen molar-refractivity contribution in [2.75, 3.05) is 6.54 Å². The molecule has 2 aliphatic rings. The third-order valence-electron chi connectivity index (χ3n) is 11.0. The number of nitrogens with zero attached hydrogens (tertiary/aromatic N) is 3. The third kappa shape index (κ3) is 10.3. The number of rotatable bonds is 20. The van der Waals surface area contributed by atoms with E-state index in [2.05, 4.69) is 15.3 Å². The molecular weight excluding hydrogens is 695 g/mol. The molecule has 0 bridgehead atoms. The van der Waals surface area contributed by atoms with Gasteiger partial charge in [0.1, 0.15) is 17.9 Å². The van der Waals surface area contributed by atoms with E-state index in [0.717, 1.165) is 0 Å². The van der Waals surface area contributed by atoms with Gasteiger partial charge in [-0.25, -0.2) is 9.37 Å². The number of aliphatic carboxylic acids is 1. The minimum Gasteiger partial charge on any atom is -0.481 e. The van der Waals surface area contributed by atoms with Crippen LogP contribution in [-0.4, -0.2) is 85.7 Å². The Balaban J connectivity index is 1.52. The van der Waals surface area contributed by atoms with E-state index >= 15 is 4.39 Å². The zero-order chi connectivity index (χ0) is 39.7. The Bertz CT molecular complexity index is 1670. The normalized spacial score (nSPS) is 21.6. The van der Waals surface area contributed by atoms with Gasteiger partial charge in [0.2, 0.25) is 17.6 Å². The molecule has 2 fully saturated rings. The monoisotopic (exact) mass is 748 g/mol. The number of benzene rings is 1. The summed E-state index contributed by atoms with van der Waals surface area (Å²) in [6.45, 7) is 8.84. The van der Waals surface area contributed by atoms with Gasteiger partial charge in [0.25, 0.3) is 0 Å². The first-order valence-electron chi connectivity index (χ1n) is 19.0. The molecule has 292 valence electrons. The molecule has 0 radical (unpaired) electrons. The average molecular weight is 749 g/mol. The molecule has 1 saturated heterocycles. The van der Waals surface area contributed by atoms with Gasteiger partial charge in [-0.3, -0.25) is 38.5 Å². The first-order valence-corrected chi connectivity index (χ1v) is 19.0. The molecule has 4 rings (SSSR count). The molecule has 2 N–H and O–H groups in total. The molecule has 1 aromatic carbocycles. The van der Waals surface area contributed by atoms with Crippen LogP contribution in [0.4, 0.5) is 4.39 Å². The summed E-state index contributed by atoms with van der Waals surface area (Å²) in [5.41, 5.74) is 0.827. The number of hydrogen-bond acceptors (Lipinski definition) is 9. The van der Waals surface area contributed by atoms with Crippen LogP contribution in [0.2, 0.25) is 0 Å². The first-order chi connectivity index (χ1) is 25.6. The smallest absolute Gasteiger partial charge is 0.307 e. The lowest BCUT2D eigenvalue weighted by Gasteiger charge is -2.33. The van der Waals surface area contributed by atoms with Crippen LogP contribution in [0.3, 0.4) is 0 Å². The van der Waals surface area contributed by atoms with Crippen molar-refractivity contribution in [3.63, 3.8) is 0 Å². The number of aromatic nitrogens is 2. The van der Waals surface area contributed by atoms with Crippen molar-refractivity contribution in [1.82, 2.24) is 20.2 Å². The molecule has 1 aliphatic carbocycles. The molecule has 12 nitrogen and oxygen atoms in total. The lowest BCUT2D eigenvalue weighted by molar-refractivity contribution is -0.147. The quantitative estimate of drug-likeness (QED) is 0.140.